The number of urea groups is 1. The second-order valence-electron chi connectivity index (χ2n) is 6.28. The molecule has 1 aromatic heterocycles. The Balaban J connectivity index is 1.30. The van der Waals surface area contributed by atoms with Gasteiger partial charge in [-0.2, -0.15) is 0 Å². The standard InChI is InChI=1S/C16H27N5OS/c22-15(17-5-4-9-19-7-2-1-3-8-19)20-10-12-21(13-11-20)16-18-6-14-23-16/h6,14H,1-5,7-13H2,(H,17,22). The van der Waals surface area contributed by atoms with Gasteiger partial charge in [-0.1, -0.05) is 6.42 Å². The Morgan fingerprint density at radius 3 is 2.61 bits per heavy atom. The minimum absolute atomic E-state index is 0.0856. The Labute approximate surface area is 142 Å². The number of aromatic nitrogens is 1. The summed E-state index contributed by atoms with van der Waals surface area (Å²) in [5.74, 6) is 0. The first-order valence-electron chi connectivity index (χ1n) is 8.72. The third-order valence-electron chi connectivity index (χ3n) is 4.63. The molecule has 0 aromatic carbocycles. The second-order valence-corrected chi connectivity index (χ2v) is 7.15. The molecule has 2 aliphatic heterocycles. The SMILES string of the molecule is O=C(NCCCN1CCCCC1)N1CCN(c2nccs2)CC1. The van der Waals surface area contributed by atoms with Gasteiger partial charge in [-0.25, -0.2) is 9.78 Å². The Kier molecular flexibility index (Phi) is 6.10. The number of carbonyl (C=O) groups is 1. The molecule has 3 heterocycles. The van der Waals surface area contributed by atoms with E-state index in [9.17, 15) is 4.79 Å². The topological polar surface area (TPSA) is 51.7 Å². The minimum atomic E-state index is 0.0856. The number of piperidine rings is 1. The lowest BCUT2D eigenvalue weighted by atomic mass is 10.1. The maximum Gasteiger partial charge on any atom is 0.317 e. The molecular weight excluding hydrogens is 310 g/mol. The third kappa shape index (κ3) is 4.81. The molecule has 2 fully saturated rings. The van der Waals surface area contributed by atoms with Crippen LogP contribution in [0.5, 0.6) is 0 Å². The molecule has 0 bridgehead atoms. The van der Waals surface area contributed by atoms with E-state index >= 15 is 0 Å². The Bertz CT molecular complexity index is 467. The first kappa shape index (κ1) is 16.5. The van der Waals surface area contributed by atoms with Crippen molar-refractivity contribution >= 4 is 22.5 Å². The lowest BCUT2D eigenvalue weighted by Crippen LogP contribution is -2.52. The van der Waals surface area contributed by atoms with E-state index in [2.05, 4.69) is 20.1 Å². The summed E-state index contributed by atoms with van der Waals surface area (Å²) in [7, 11) is 0. The summed E-state index contributed by atoms with van der Waals surface area (Å²) in [5.41, 5.74) is 0. The molecule has 1 N–H and O–H groups in total. The molecular formula is C16H27N5OS. The fourth-order valence-corrected chi connectivity index (χ4v) is 3.96. The Morgan fingerprint density at radius 2 is 1.91 bits per heavy atom. The van der Waals surface area contributed by atoms with E-state index in [0.29, 0.717) is 0 Å². The average Bonchev–Trinajstić information content (AvgIpc) is 3.14. The summed E-state index contributed by atoms with van der Waals surface area (Å²) < 4.78 is 0. The number of hydrogen-bond acceptors (Lipinski definition) is 5. The summed E-state index contributed by atoms with van der Waals surface area (Å²) in [6.07, 6.45) is 6.91. The van der Waals surface area contributed by atoms with Gasteiger partial charge in [0.25, 0.3) is 0 Å². The van der Waals surface area contributed by atoms with Crippen molar-refractivity contribution < 1.29 is 4.79 Å². The highest BCUT2D eigenvalue weighted by molar-refractivity contribution is 7.13. The van der Waals surface area contributed by atoms with Gasteiger partial charge in [0.15, 0.2) is 5.13 Å². The van der Waals surface area contributed by atoms with Gasteiger partial charge in [0.05, 0.1) is 0 Å². The van der Waals surface area contributed by atoms with Crippen molar-refractivity contribution in [2.75, 3.05) is 57.3 Å². The molecule has 0 aliphatic carbocycles. The third-order valence-corrected chi connectivity index (χ3v) is 5.46. The molecule has 2 saturated heterocycles. The fourth-order valence-electron chi connectivity index (χ4n) is 3.27. The van der Waals surface area contributed by atoms with Crippen molar-refractivity contribution in [2.45, 2.75) is 25.7 Å². The quantitative estimate of drug-likeness (QED) is 0.833. The van der Waals surface area contributed by atoms with Crippen molar-refractivity contribution in [3.05, 3.63) is 11.6 Å². The van der Waals surface area contributed by atoms with E-state index in [0.717, 1.165) is 50.8 Å². The second kappa shape index (κ2) is 8.49. The molecule has 0 saturated carbocycles. The molecule has 3 rings (SSSR count). The van der Waals surface area contributed by atoms with E-state index in [-0.39, 0.29) is 6.03 Å². The molecule has 1 aromatic rings. The zero-order valence-electron chi connectivity index (χ0n) is 13.7. The molecule has 128 valence electrons. The van der Waals surface area contributed by atoms with Crippen molar-refractivity contribution in [2.24, 2.45) is 0 Å². The van der Waals surface area contributed by atoms with Crippen LogP contribution in [0.1, 0.15) is 25.7 Å². The number of likely N-dealkylation sites (tertiary alicyclic amines) is 1. The molecule has 0 radical (unpaired) electrons. The molecule has 2 amide bonds. The number of amides is 2. The van der Waals surface area contributed by atoms with Crippen LogP contribution in [0.25, 0.3) is 0 Å². The van der Waals surface area contributed by atoms with Crippen molar-refractivity contribution in [3.63, 3.8) is 0 Å². The Hall–Kier alpha value is -1.34. The van der Waals surface area contributed by atoms with Gasteiger partial charge in [-0.15, -0.1) is 11.3 Å². The zero-order chi connectivity index (χ0) is 15.9. The van der Waals surface area contributed by atoms with Crippen LogP contribution in [-0.2, 0) is 0 Å². The molecule has 7 heteroatoms. The van der Waals surface area contributed by atoms with E-state index in [1.165, 1.54) is 32.4 Å². The summed E-state index contributed by atoms with van der Waals surface area (Å²) in [6, 6.07) is 0.0856. The number of nitrogens with one attached hydrogen (secondary N) is 1. The van der Waals surface area contributed by atoms with Crippen molar-refractivity contribution in [3.8, 4) is 0 Å². The molecule has 0 unspecified atom stereocenters. The summed E-state index contributed by atoms with van der Waals surface area (Å²) in [5, 5.41) is 6.13. The average molecular weight is 337 g/mol. The monoisotopic (exact) mass is 337 g/mol. The van der Waals surface area contributed by atoms with Crippen LogP contribution in [0.15, 0.2) is 11.6 Å². The van der Waals surface area contributed by atoms with Crippen LogP contribution >= 0.6 is 11.3 Å². The molecule has 0 spiro atoms. The number of rotatable bonds is 5. The van der Waals surface area contributed by atoms with Crippen LogP contribution in [0.2, 0.25) is 0 Å². The highest BCUT2D eigenvalue weighted by atomic mass is 32.1. The van der Waals surface area contributed by atoms with E-state index in [1.807, 2.05) is 16.5 Å². The largest absolute Gasteiger partial charge is 0.345 e. The lowest BCUT2D eigenvalue weighted by Gasteiger charge is -2.34. The van der Waals surface area contributed by atoms with Crippen molar-refractivity contribution in [1.82, 2.24) is 20.1 Å². The first-order chi connectivity index (χ1) is 11.3. The summed E-state index contributed by atoms with van der Waals surface area (Å²) >= 11 is 1.66. The van der Waals surface area contributed by atoms with Gasteiger partial charge in [-0.3, -0.25) is 0 Å². The lowest BCUT2D eigenvalue weighted by molar-refractivity contribution is 0.191. The highest BCUT2D eigenvalue weighted by Gasteiger charge is 2.22. The molecule has 23 heavy (non-hydrogen) atoms. The highest BCUT2D eigenvalue weighted by Crippen LogP contribution is 2.18. The normalized spacial score (nSPS) is 19.8. The van der Waals surface area contributed by atoms with Gasteiger partial charge < -0.3 is 20.0 Å². The predicted octanol–water partition coefficient (Wildman–Crippen LogP) is 1.85. The van der Waals surface area contributed by atoms with Gasteiger partial charge >= 0.3 is 6.03 Å². The van der Waals surface area contributed by atoms with Crippen LogP contribution in [0.3, 0.4) is 0 Å². The van der Waals surface area contributed by atoms with Gasteiger partial charge in [0, 0.05) is 44.3 Å². The molecule has 0 atom stereocenters. The smallest absolute Gasteiger partial charge is 0.317 e. The van der Waals surface area contributed by atoms with Gasteiger partial charge in [0.1, 0.15) is 0 Å². The number of hydrogen-bond donors (Lipinski definition) is 1. The number of nitrogens with zero attached hydrogens (tertiary/aromatic N) is 4. The van der Waals surface area contributed by atoms with Crippen molar-refractivity contribution in [1.29, 1.82) is 0 Å². The first-order valence-corrected chi connectivity index (χ1v) is 9.60. The maximum absolute atomic E-state index is 12.2. The van der Waals surface area contributed by atoms with Gasteiger partial charge in [-0.05, 0) is 38.9 Å². The fraction of sp³-hybridized carbons (Fsp3) is 0.750. The Morgan fingerprint density at radius 1 is 1.13 bits per heavy atom. The van der Waals surface area contributed by atoms with E-state index < -0.39 is 0 Å². The number of anilines is 1. The van der Waals surface area contributed by atoms with Crippen LogP contribution in [0.4, 0.5) is 9.93 Å². The molecule has 2 aliphatic rings. The zero-order valence-corrected chi connectivity index (χ0v) is 14.6. The predicted molar refractivity (Wildman–Crippen MR) is 94.2 cm³/mol. The molecule has 6 nitrogen and oxygen atoms in total. The van der Waals surface area contributed by atoms with Crippen LogP contribution in [0, 0.1) is 0 Å². The number of carbonyl (C=O) groups excluding carboxylic acids is 1. The minimum Gasteiger partial charge on any atom is -0.345 e. The van der Waals surface area contributed by atoms with E-state index in [4.69, 9.17) is 0 Å². The number of piperazine rings is 1. The number of thiazole rings is 1. The van der Waals surface area contributed by atoms with E-state index in [1.54, 1.807) is 11.3 Å². The van der Waals surface area contributed by atoms with Gasteiger partial charge in [0.2, 0.25) is 0 Å². The van der Waals surface area contributed by atoms with Crippen LogP contribution < -0.4 is 10.2 Å². The van der Waals surface area contributed by atoms with Crippen LogP contribution in [-0.4, -0.2) is 73.2 Å². The maximum atomic E-state index is 12.2. The summed E-state index contributed by atoms with van der Waals surface area (Å²) in [4.78, 5) is 23.2. The summed E-state index contributed by atoms with van der Waals surface area (Å²) in [6.45, 7) is 7.64.